The number of methoxy groups -OCH3 is 1. The summed E-state index contributed by atoms with van der Waals surface area (Å²) in [5.74, 6) is -0.222. The number of hydrogen-bond donors (Lipinski definition) is 1. The van der Waals surface area contributed by atoms with Gasteiger partial charge in [-0.05, 0) is 13.0 Å². The fourth-order valence-electron chi connectivity index (χ4n) is 1.37. The third kappa shape index (κ3) is 3.77. The van der Waals surface area contributed by atoms with Crippen LogP contribution in [0.3, 0.4) is 0 Å². The van der Waals surface area contributed by atoms with Crippen molar-refractivity contribution in [1.29, 1.82) is 0 Å². The summed E-state index contributed by atoms with van der Waals surface area (Å²) >= 11 is 0.945. The highest BCUT2D eigenvalue weighted by atomic mass is 32.2. The molecular weight excluding hydrogens is 276 g/mol. The highest BCUT2D eigenvalue weighted by Gasteiger charge is 2.18. The highest BCUT2D eigenvalue weighted by molar-refractivity contribution is 7.91. The van der Waals surface area contributed by atoms with Gasteiger partial charge in [-0.1, -0.05) is 0 Å². The molecule has 0 unspecified atom stereocenters. The molecule has 0 bridgehead atoms. The lowest BCUT2D eigenvalue weighted by Crippen LogP contribution is -2.33. The van der Waals surface area contributed by atoms with E-state index in [0.29, 0.717) is 25.3 Å². The zero-order valence-corrected chi connectivity index (χ0v) is 11.9. The largest absolute Gasteiger partial charge is 0.383 e. The Kier molecular flexibility index (Phi) is 5.27. The van der Waals surface area contributed by atoms with E-state index in [4.69, 9.17) is 9.88 Å². The number of amides is 1. The van der Waals surface area contributed by atoms with Crippen LogP contribution >= 0.6 is 11.3 Å². The molecule has 18 heavy (non-hydrogen) atoms. The predicted molar refractivity (Wildman–Crippen MR) is 69.1 cm³/mol. The molecule has 1 aromatic rings. The molecule has 0 aromatic carbocycles. The zero-order valence-electron chi connectivity index (χ0n) is 10.3. The normalized spacial score (nSPS) is 11.5. The van der Waals surface area contributed by atoms with E-state index in [1.54, 1.807) is 12.0 Å². The number of sulfonamides is 1. The molecule has 0 saturated carbocycles. The molecule has 8 heteroatoms. The van der Waals surface area contributed by atoms with Crippen LogP contribution in [0.25, 0.3) is 0 Å². The molecule has 6 nitrogen and oxygen atoms in total. The Morgan fingerprint density at radius 2 is 2.22 bits per heavy atom. The molecule has 0 aliphatic carbocycles. The molecule has 0 aliphatic rings. The molecule has 2 N–H and O–H groups in total. The van der Waals surface area contributed by atoms with Gasteiger partial charge in [-0.15, -0.1) is 11.3 Å². The molecule has 0 radical (unpaired) electrons. The van der Waals surface area contributed by atoms with E-state index in [0.717, 1.165) is 11.3 Å². The maximum absolute atomic E-state index is 12.1. The molecule has 0 saturated heterocycles. The number of ether oxygens (including phenoxy) is 1. The van der Waals surface area contributed by atoms with Crippen molar-refractivity contribution < 1.29 is 17.9 Å². The molecular formula is C10H16N2O4S2. The number of primary sulfonamides is 1. The van der Waals surface area contributed by atoms with E-state index in [9.17, 15) is 13.2 Å². The number of nitrogens with zero attached hydrogens (tertiary/aromatic N) is 1. The first-order valence-electron chi connectivity index (χ1n) is 5.29. The van der Waals surface area contributed by atoms with E-state index in [1.165, 1.54) is 11.4 Å². The average Bonchev–Trinajstić information content (AvgIpc) is 2.78. The number of carbonyl (C=O) groups excluding carboxylic acids is 1. The summed E-state index contributed by atoms with van der Waals surface area (Å²) in [5, 5.41) is 6.49. The zero-order chi connectivity index (χ0) is 13.8. The van der Waals surface area contributed by atoms with Crippen molar-refractivity contribution in [2.75, 3.05) is 26.8 Å². The second kappa shape index (κ2) is 6.28. The molecule has 1 heterocycles. The Balaban J connectivity index is 2.86. The first kappa shape index (κ1) is 15.1. The van der Waals surface area contributed by atoms with Crippen LogP contribution in [0.2, 0.25) is 0 Å². The Labute approximate surface area is 110 Å². The fourth-order valence-corrected chi connectivity index (χ4v) is 2.94. The minimum absolute atomic E-state index is 0.00588. The van der Waals surface area contributed by atoms with Crippen LogP contribution < -0.4 is 5.14 Å². The Morgan fingerprint density at radius 1 is 1.56 bits per heavy atom. The third-order valence-electron chi connectivity index (χ3n) is 2.34. The molecule has 0 fully saturated rings. The fraction of sp³-hybridized carbons (Fsp3) is 0.500. The van der Waals surface area contributed by atoms with E-state index < -0.39 is 10.0 Å². The van der Waals surface area contributed by atoms with Gasteiger partial charge in [-0.3, -0.25) is 4.79 Å². The summed E-state index contributed by atoms with van der Waals surface area (Å²) in [7, 11) is -2.18. The number of rotatable bonds is 6. The molecule has 0 atom stereocenters. The van der Waals surface area contributed by atoms with Gasteiger partial charge in [-0.2, -0.15) is 0 Å². The van der Waals surface area contributed by atoms with Crippen molar-refractivity contribution in [3.05, 3.63) is 17.0 Å². The summed E-state index contributed by atoms with van der Waals surface area (Å²) in [4.78, 5) is 13.6. The van der Waals surface area contributed by atoms with Gasteiger partial charge in [0.2, 0.25) is 10.0 Å². The monoisotopic (exact) mass is 292 g/mol. The molecule has 102 valence electrons. The van der Waals surface area contributed by atoms with Gasteiger partial charge in [0.05, 0.1) is 12.2 Å². The predicted octanol–water partition coefficient (Wildman–Crippen LogP) is 0.504. The molecule has 0 aliphatic heterocycles. The Morgan fingerprint density at radius 3 is 2.67 bits per heavy atom. The topological polar surface area (TPSA) is 89.7 Å². The van der Waals surface area contributed by atoms with E-state index in [2.05, 4.69) is 0 Å². The molecule has 1 amide bonds. The first-order valence-corrected chi connectivity index (χ1v) is 7.72. The minimum Gasteiger partial charge on any atom is -0.383 e. The van der Waals surface area contributed by atoms with Crippen LogP contribution in [-0.2, 0) is 14.8 Å². The van der Waals surface area contributed by atoms with Gasteiger partial charge in [0.1, 0.15) is 4.21 Å². The maximum Gasteiger partial charge on any atom is 0.254 e. The van der Waals surface area contributed by atoms with Crippen LogP contribution in [0.1, 0.15) is 17.3 Å². The van der Waals surface area contributed by atoms with Gasteiger partial charge >= 0.3 is 0 Å². The van der Waals surface area contributed by atoms with Gasteiger partial charge in [0.15, 0.2) is 0 Å². The standard InChI is InChI=1S/C10H16N2O4S2/c1-3-12(4-5-16-2)10(13)8-6-9(17-7-8)18(11,14)15/h6-7H,3-5H2,1-2H3,(H2,11,14,15). The van der Waals surface area contributed by atoms with Gasteiger partial charge in [0.25, 0.3) is 5.91 Å². The summed E-state index contributed by atoms with van der Waals surface area (Å²) < 4.78 is 27.2. The molecule has 1 rings (SSSR count). The quantitative estimate of drug-likeness (QED) is 0.827. The van der Waals surface area contributed by atoms with Crippen molar-refractivity contribution in [2.24, 2.45) is 5.14 Å². The van der Waals surface area contributed by atoms with Gasteiger partial charge in [-0.25, -0.2) is 13.6 Å². The summed E-state index contributed by atoms with van der Waals surface area (Å²) in [5.41, 5.74) is 0.335. The van der Waals surface area contributed by atoms with Crippen LogP contribution in [-0.4, -0.2) is 46.0 Å². The van der Waals surface area contributed by atoms with E-state index in [1.807, 2.05) is 6.92 Å². The maximum atomic E-state index is 12.1. The number of hydrogen-bond acceptors (Lipinski definition) is 5. The Hall–Kier alpha value is -0.960. The highest BCUT2D eigenvalue weighted by Crippen LogP contribution is 2.20. The average molecular weight is 292 g/mol. The van der Waals surface area contributed by atoms with E-state index in [-0.39, 0.29) is 10.1 Å². The minimum atomic E-state index is -3.74. The lowest BCUT2D eigenvalue weighted by Gasteiger charge is -2.19. The number of nitrogens with two attached hydrogens (primary N) is 1. The number of carbonyl (C=O) groups is 1. The van der Waals surface area contributed by atoms with Gasteiger partial charge < -0.3 is 9.64 Å². The summed E-state index contributed by atoms with van der Waals surface area (Å²) in [6.07, 6.45) is 0. The van der Waals surface area contributed by atoms with Crippen molar-refractivity contribution in [3.63, 3.8) is 0 Å². The van der Waals surface area contributed by atoms with Crippen LogP contribution in [0.4, 0.5) is 0 Å². The van der Waals surface area contributed by atoms with Crippen molar-refractivity contribution in [2.45, 2.75) is 11.1 Å². The summed E-state index contributed by atoms with van der Waals surface area (Å²) in [6, 6.07) is 1.30. The number of likely N-dealkylation sites (N-methyl/N-ethyl adjacent to an activating group) is 1. The van der Waals surface area contributed by atoms with Crippen molar-refractivity contribution in [3.8, 4) is 0 Å². The molecule has 1 aromatic heterocycles. The SMILES string of the molecule is CCN(CCOC)C(=O)c1csc(S(N)(=O)=O)c1. The molecule has 0 spiro atoms. The van der Waals surface area contributed by atoms with Crippen LogP contribution in [0, 0.1) is 0 Å². The van der Waals surface area contributed by atoms with Gasteiger partial charge in [0, 0.05) is 25.6 Å². The number of thiophene rings is 1. The summed E-state index contributed by atoms with van der Waals surface area (Å²) in [6.45, 7) is 3.28. The lowest BCUT2D eigenvalue weighted by molar-refractivity contribution is 0.0707. The smallest absolute Gasteiger partial charge is 0.254 e. The second-order valence-electron chi connectivity index (χ2n) is 3.58. The lowest BCUT2D eigenvalue weighted by atomic mass is 10.3. The third-order valence-corrected chi connectivity index (χ3v) is 4.72. The van der Waals surface area contributed by atoms with E-state index >= 15 is 0 Å². The van der Waals surface area contributed by atoms with Crippen LogP contribution in [0.5, 0.6) is 0 Å². The second-order valence-corrected chi connectivity index (χ2v) is 6.28. The van der Waals surface area contributed by atoms with Crippen molar-refractivity contribution in [1.82, 2.24) is 4.90 Å². The Bertz CT molecular complexity index is 510. The first-order chi connectivity index (χ1) is 8.40. The van der Waals surface area contributed by atoms with Crippen LogP contribution in [0.15, 0.2) is 15.7 Å². The van der Waals surface area contributed by atoms with Crippen molar-refractivity contribution >= 4 is 27.3 Å².